The Hall–Kier alpha value is -1.91. The maximum atomic E-state index is 12.8. The molecule has 3 unspecified atom stereocenters. The molecule has 5 heteroatoms. The fourth-order valence-electron chi connectivity index (χ4n) is 3.91. The molecule has 1 heterocycles. The molecule has 0 spiro atoms. The van der Waals surface area contributed by atoms with Crippen LogP contribution in [0.15, 0.2) is 42.0 Å². The maximum absolute atomic E-state index is 12.8. The Labute approximate surface area is 158 Å². The Kier molecular flexibility index (Phi) is 4.62. The summed E-state index contributed by atoms with van der Waals surface area (Å²) >= 11 is 6.00. The van der Waals surface area contributed by atoms with Gasteiger partial charge in [0.1, 0.15) is 0 Å². The topological polar surface area (TPSA) is 66.4 Å². The van der Waals surface area contributed by atoms with Gasteiger partial charge in [-0.05, 0) is 35.4 Å². The number of rotatable bonds is 3. The number of fused-ring (bicyclic) bond motifs is 1. The lowest BCUT2D eigenvalue weighted by molar-refractivity contribution is -0.138. The number of nitrogens with one attached hydrogen (secondary N) is 1. The zero-order valence-corrected chi connectivity index (χ0v) is 16.2. The van der Waals surface area contributed by atoms with Gasteiger partial charge in [-0.2, -0.15) is 0 Å². The van der Waals surface area contributed by atoms with Crippen LogP contribution in [-0.4, -0.2) is 16.8 Å². The predicted molar refractivity (Wildman–Crippen MR) is 103 cm³/mol. The molecule has 0 radical (unpaired) electrons. The Bertz CT molecular complexity index is 834. The van der Waals surface area contributed by atoms with E-state index in [2.05, 4.69) is 39.1 Å². The van der Waals surface area contributed by atoms with Crippen molar-refractivity contribution in [1.82, 2.24) is 0 Å². The minimum Gasteiger partial charge on any atom is -0.375 e. The number of carbonyl (C=O) groups excluding carboxylic acids is 2. The van der Waals surface area contributed by atoms with Crippen LogP contribution in [0.5, 0.6) is 0 Å². The summed E-state index contributed by atoms with van der Waals surface area (Å²) in [6.45, 7) is 8.60. The minimum atomic E-state index is -1.89. The van der Waals surface area contributed by atoms with E-state index in [-0.39, 0.29) is 23.5 Å². The second kappa shape index (κ2) is 6.36. The molecular formula is C21H24ClNO3. The van der Waals surface area contributed by atoms with Crippen molar-refractivity contribution in [2.45, 2.75) is 39.7 Å². The monoisotopic (exact) mass is 373 g/mol. The van der Waals surface area contributed by atoms with E-state index >= 15 is 0 Å². The predicted octanol–water partition coefficient (Wildman–Crippen LogP) is 4.23. The van der Waals surface area contributed by atoms with Crippen molar-refractivity contribution in [3.8, 4) is 0 Å². The van der Waals surface area contributed by atoms with Crippen molar-refractivity contribution in [2.75, 3.05) is 5.32 Å². The molecule has 3 atom stereocenters. The quantitative estimate of drug-likeness (QED) is 0.833. The normalized spacial score (nSPS) is 27.8. The molecule has 0 fully saturated rings. The number of amides is 1. The van der Waals surface area contributed by atoms with Gasteiger partial charge in [0.05, 0.1) is 6.42 Å². The van der Waals surface area contributed by atoms with Crippen molar-refractivity contribution in [3.63, 3.8) is 0 Å². The first kappa shape index (κ1) is 18.9. The summed E-state index contributed by atoms with van der Waals surface area (Å²) in [7, 11) is 0. The average Bonchev–Trinajstić information content (AvgIpc) is 2.77. The zero-order chi connectivity index (χ0) is 19.3. The number of hydrogen-bond donors (Lipinski definition) is 2. The largest absolute Gasteiger partial charge is 0.375 e. The summed E-state index contributed by atoms with van der Waals surface area (Å²) < 4.78 is 0. The van der Waals surface area contributed by atoms with Gasteiger partial charge in [0.15, 0.2) is 11.4 Å². The van der Waals surface area contributed by atoms with Crippen LogP contribution >= 0.6 is 11.6 Å². The van der Waals surface area contributed by atoms with Gasteiger partial charge >= 0.3 is 0 Å². The molecule has 1 aliphatic carbocycles. The first-order valence-electron chi connectivity index (χ1n) is 8.79. The molecule has 0 bridgehead atoms. The number of aliphatic hydroxyl groups is 1. The summed E-state index contributed by atoms with van der Waals surface area (Å²) in [6.07, 6.45) is 5.50. The number of allylic oxidation sites excluding steroid dienone is 4. The zero-order valence-electron chi connectivity index (χ0n) is 15.5. The number of hydrogen-bond acceptors (Lipinski definition) is 3. The maximum Gasteiger partial charge on any atom is 0.261 e. The van der Waals surface area contributed by atoms with Crippen LogP contribution in [0.4, 0.5) is 5.69 Å². The van der Waals surface area contributed by atoms with Crippen LogP contribution in [-0.2, 0) is 15.2 Å². The summed E-state index contributed by atoms with van der Waals surface area (Å²) in [5.41, 5.74) is -0.417. The van der Waals surface area contributed by atoms with Crippen LogP contribution in [0.2, 0.25) is 5.02 Å². The molecule has 138 valence electrons. The Morgan fingerprint density at radius 1 is 1.35 bits per heavy atom. The summed E-state index contributed by atoms with van der Waals surface area (Å²) in [6, 6.07) is 4.80. The summed E-state index contributed by atoms with van der Waals surface area (Å²) in [4.78, 5) is 25.1. The van der Waals surface area contributed by atoms with Gasteiger partial charge in [-0.15, -0.1) is 0 Å². The highest BCUT2D eigenvalue weighted by atomic mass is 35.5. The molecule has 0 aromatic heterocycles. The lowest BCUT2D eigenvalue weighted by Gasteiger charge is -2.34. The number of halogens is 1. The molecule has 2 N–H and O–H groups in total. The van der Waals surface area contributed by atoms with Crippen LogP contribution in [0.25, 0.3) is 0 Å². The fraction of sp³-hybridized carbons (Fsp3) is 0.429. The van der Waals surface area contributed by atoms with E-state index in [0.29, 0.717) is 27.8 Å². The SMILES string of the molecule is CC1C=C(C(=O)CC2(O)C(=O)Nc3ccc(Cl)cc32)C=CC1C(C)(C)C. The standard InChI is InChI=1S/C21H24ClNO3/c1-12-9-13(5-7-15(12)20(2,3)4)18(24)11-21(26)16-10-14(22)6-8-17(16)23-19(21)25/h5-10,12,15,26H,11H2,1-4H3,(H,23,25). The number of carbonyl (C=O) groups is 2. The molecule has 3 rings (SSSR count). The van der Waals surface area contributed by atoms with Crippen molar-refractivity contribution in [1.29, 1.82) is 0 Å². The first-order valence-corrected chi connectivity index (χ1v) is 9.17. The van der Waals surface area contributed by atoms with E-state index in [1.807, 2.05) is 12.2 Å². The lowest BCUT2D eigenvalue weighted by atomic mass is 9.70. The second-order valence-corrected chi connectivity index (χ2v) is 8.77. The highest BCUT2D eigenvalue weighted by Gasteiger charge is 2.47. The Morgan fingerprint density at radius 3 is 2.65 bits per heavy atom. The number of benzene rings is 1. The summed E-state index contributed by atoms with van der Waals surface area (Å²) in [5, 5.41) is 14.0. The Balaban J connectivity index is 1.84. The third-order valence-electron chi connectivity index (χ3n) is 5.28. The van der Waals surface area contributed by atoms with E-state index in [9.17, 15) is 14.7 Å². The highest BCUT2D eigenvalue weighted by molar-refractivity contribution is 6.31. The molecule has 26 heavy (non-hydrogen) atoms. The minimum absolute atomic E-state index is 0.0974. The van der Waals surface area contributed by atoms with Gasteiger partial charge in [0, 0.05) is 21.8 Å². The average molecular weight is 374 g/mol. The molecule has 1 aromatic carbocycles. The van der Waals surface area contributed by atoms with Crippen molar-refractivity contribution in [3.05, 3.63) is 52.6 Å². The van der Waals surface area contributed by atoms with Crippen LogP contribution in [0.1, 0.15) is 39.7 Å². The van der Waals surface area contributed by atoms with Crippen molar-refractivity contribution in [2.24, 2.45) is 17.3 Å². The number of anilines is 1. The number of ketones is 1. The van der Waals surface area contributed by atoms with Crippen molar-refractivity contribution < 1.29 is 14.7 Å². The van der Waals surface area contributed by atoms with Gasteiger partial charge in [-0.1, -0.05) is 57.5 Å². The molecule has 2 aliphatic rings. The lowest BCUT2D eigenvalue weighted by Crippen LogP contribution is -2.37. The van der Waals surface area contributed by atoms with Gasteiger partial charge in [-0.3, -0.25) is 9.59 Å². The molecule has 0 saturated heterocycles. The number of Topliss-reactive ketones (excluding diaryl/α,β-unsaturated/α-hetero) is 1. The van der Waals surface area contributed by atoms with E-state index in [1.54, 1.807) is 12.1 Å². The molecule has 0 saturated carbocycles. The highest BCUT2D eigenvalue weighted by Crippen LogP contribution is 2.42. The van der Waals surface area contributed by atoms with Gasteiger partial charge in [0.25, 0.3) is 5.91 Å². The van der Waals surface area contributed by atoms with Gasteiger partial charge in [0.2, 0.25) is 0 Å². The van der Waals surface area contributed by atoms with E-state index < -0.39 is 11.5 Å². The van der Waals surface area contributed by atoms with Gasteiger partial charge < -0.3 is 10.4 Å². The molecule has 1 aliphatic heterocycles. The Morgan fingerprint density at radius 2 is 2.04 bits per heavy atom. The third-order valence-corrected chi connectivity index (χ3v) is 5.52. The smallest absolute Gasteiger partial charge is 0.261 e. The van der Waals surface area contributed by atoms with Crippen LogP contribution in [0, 0.1) is 17.3 Å². The fourth-order valence-corrected chi connectivity index (χ4v) is 4.09. The van der Waals surface area contributed by atoms with E-state index in [1.165, 1.54) is 6.07 Å². The van der Waals surface area contributed by atoms with E-state index in [0.717, 1.165) is 0 Å². The second-order valence-electron chi connectivity index (χ2n) is 8.34. The first-order chi connectivity index (χ1) is 12.0. The molecule has 4 nitrogen and oxygen atoms in total. The van der Waals surface area contributed by atoms with Crippen LogP contribution < -0.4 is 5.32 Å². The molecule has 1 amide bonds. The summed E-state index contributed by atoms with van der Waals surface area (Å²) in [5.74, 6) is -0.320. The van der Waals surface area contributed by atoms with E-state index in [4.69, 9.17) is 11.6 Å². The molecule has 1 aromatic rings. The van der Waals surface area contributed by atoms with Crippen molar-refractivity contribution >= 4 is 29.0 Å². The third kappa shape index (κ3) is 3.24. The molecular weight excluding hydrogens is 350 g/mol. The van der Waals surface area contributed by atoms with Crippen LogP contribution in [0.3, 0.4) is 0 Å². The van der Waals surface area contributed by atoms with Gasteiger partial charge in [-0.25, -0.2) is 0 Å².